The highest BCUT2D eigenvalue weighted by Gasteiger charge is 2.15. The topological polar surface area (TPSA) is 50.7 Å². The first-order valence-corrected chi connectivity index (χ1v) is 5.41. The van der Waals surface area contributed by atoms with Gasteiger partial charge in [-0.15, -0.1) is 11.3 Å². The van der Waals surface area contributed by atoms with E-state index in [1.165, 1.54) is 0 Å². The quantitative estimate of drug-likeness (QED) is 0.622. The minimum atomic E-state index is -0.546. The van der Waals surface area contributed by atoms with Crippen LogP contribution in [-0.4, -0.2) is 17.9 Å². The Balaban J connectivity index is 2.35. The fourth-order valence-corrected chi connectivity index (χ4v) is 1.40. The molecule has 0 saturated carbocycles. The zero-order valence-electron chi connectivity index (χ0n) is 8.98. The van der Waals surface area contributed by atoms with Crippen LogP contribution in [0.3, 0.4) is 0 Å². The van der Waals surface area contributed by atoms with E-state index in [0.29, 0.717) is 0 Å². The van der Waals surface area contributed by atoms with E-state index in [4.69, 9.17) is 4.74 Å². The molecule has 4 nitrogen and oxygen atoms in total. The van der Waals surface area contributed by atoms with Crippen molar-refractivity contribution in [1.82, 2.24) is 5.43 Å². The van der Waals surface area contributed by atoms with Crippen molar-refractivity contribution in [3.05, 3.63) is 22.4 Å². The van der Waals surface area contributed by atoms with Gasteiger partial charge in [0.1, 0.15) is 5.60 Å². The summed E-state index contributed by atoms with van der Waals surface area (Å²) >= 11 is 1.55. The van der Waals surface area contributed by atoms with E-state index in [1.807, 2.05) is 17.5 Å². The third-order valence-electron chi connectivity index (χ3n) is 1.29. The van der Waals surface area contributed by atoms with Crippen LogP contribution in [0, 0.1) is 0 Å². The molecule has 0 bridgehead atoms. The molecule has 0 fully saturated rings. The number of amides is 1. The Morgan fingerprint density at radius 1 is 1.60 bits per heavy atom. The first-order chi connectivity index (χ1) is 6.97. The minimum Gasteiger partial charge on any atom is -0.443 e. The van der Waals surface area contributed by atoms with Gasteiger partial charge in [-0.3, -0.25) is 0 Å². The maximum atomic E-state index is 11.1. The van der Waals surface area contributed by atoms with Gasteiger partial charge < -0.3 is 4.74 Å². The lowest BCUT2D eigenvalue weighted by atomic mass is 10.2. The standard InChI is InChI=1S/C10H14N2O2S/c1-10(2,3)14-9(13)12-11-7-8-5-4-6-15-8/h4-7H,1-3H3,(H,12,13). The van der Waals surface area contributed by atoms with Crippen molar-refractivity contribution >= 4 is 23.6 Å². The lowest BCUT2D eigenvalue weighted by molar-refractivity contribution is 0.0529. The van der Waals surface area contributed by atoms with E-state index in [1.54, 1.807) is 38.3 Å². The maximum Gasteiger partial charge on any atom is 0.428 e. The Morgan fingerprint density at radius 2 is 2.33 bits per heavy atom. The van der Waals surface area contributed by atoms with Crippen molar-refractivity contribution in [1.29, 1.82) is 0 Å². The highest BCUT2D eigenvalue weighted by molar-refractivity contribution is 7.11. The smallest absolute Gasteiger partial charge is 0.428 e. The second kappa shape index (κ2) is 4.93. The fourth-order valence-electron chi connectivity index (χ4n) is 0.814. The highest BCUT2D eigenvalue weighted by Crippen LogP contribution is 2.06. The largest absolute Gasteiger partial charge is 0.443 e. The second-order valence-electron chi connectivity index (χ2n) is 3.89. The normalized spacial score (nSPS) is 11.7. The van der Waals surface area contributed by atoms with E-state index in [9.17, 15) is 4.79 Å². The summed E-state index contributed by atoms with van der Waals surface area (Å²) in [7, 11) is 0. The summed E-state index contributed by atoms with van der Waals surface area (Å²) in [6, 6.07) is 3.82. The zero-order chi connectivity index (χ0) is 11.3. The second-order valence-corrected chi connectivity index (χ2v) is 4.87. The Labute approximate surface area is 93.0 Å². The van der Waals surface area contributed by atoms with Crippen molar-refractivity contribution in [3.63, 3.8) is 0 Å². The molecule has 1 aromatic rings. The van der Waals surface area contributed by atoms with Crippen LogP contribution in [0.2, 0.25) is 0 Å². The molecule has 82 valence electrons. The Morgan fingerprint density at radius 3 is 2.87 bits per heavy atom. The molecule has 0 atom stereocenters. The average molecular weight is 226 g/mol. The number of rotatable bonds is 2. The van der Waals surface area contributed by atoms with Crippen LogP contribution >= 0.6 is 11.3 Å². The van der Waals surface area contributed by atoms with E-state index < -0.39 is 11.7 Å². The van der Waals surface area contributed by atoms with Crippen LogP contribution in [0.5, 0.6) is 0 Å². The van der Waals surface area contributed by atoms with Crippen LogP contribution < -0.4 is 5.43 Å². The monoisotopic (exact) mass is 226 g/mol. The molecular weight excluding hydrogens is 212 g/mol. The van der Waals surface area contributed by atoms with Gasteiger partial charge in [0, 0.05) is 4.88 Å². The number of nitrogens with one attached hydrogen (secondary N) is 1. The predicted octanol–water partition coefficient (Wildman–Crippen LogP) is 2.61. The van der Waals surface area contributed by atoms with Crippen LogP contribution in [0.15, 0.2) is 22.6 Å². The van der Waals surface area contributed by atoms with Gasteiger partial charge in [0.05, 0.1) is 6.21 Å². The summed E-state index contributed by atoms with van der Waals surface area (Å²) in [4.78, 5) is 12.1. The Bertz CT molecular complexity index is 339. The lowest BCUT2D eigenvalue weighted by Gasteiger charge is -2.18. The first-order valence-electron chi connectivity index (χ1n) is 4.53. The van der Waals surface area contributed by atoms with Crippen molar-refractivity contribution in [2.24, 2.45) is 5.10 Å². The Hall–Kier alpha value is -1.36. The van der Waals surface area contributed by atoms with Crippen molar-refractivity contribution in [2.45, 2.75) is 26.4 Å². The number of nitrogens with zero attached hydrogens (tertiary/aromatic N) is 1. The van der Waals surface area contributed by atoms with E-state index in [-0.39, 0.29) is 0 Å². The van der Waals surface area contributed by atoms with Gasteiger partial charge in [-0.25, -0.2) is 10.2 Å². The summed E-state index contributed by atoms with van der Waals surface area (Å²) in [6.45, 7) is 5.40. The molecule has 5 heteroatoms. The van der Waals surface area contributed by atoms with E-state index >= 15 is 0 Å². The fraction of sp³-hybridized carbons (Fsp3) is 0.400. The third-order valence-corrected chi connectivity index (χ3v) is 2.10. The number of hydrazone groups is 1. The van der Waals surface area contributed by atoms with Gasteiger partial charge in [0.15, 0.2) is 0 Å². The molecule has 0 aliphatic heterocycles. The van der Waals surface area contributed by atoms with Crippen LogP contribution in [0.1, 0.15) is 25.6 Å². The van der Waals surface area contributed by atoms with Gasteiger partial charge in [0.2, 0.25) is 0 Å². The summed E-state index contributed by atoms with van der Waals surface area (Å²) < 4.78 is 5.00. The lowest BCUT2D eigenvalue weighted by Crippen LogP contribution is -2.29. The van der Waals surface area contributed by atoms with Gasteiger partial charge in [-0.2, -0.15) is 5.10 Å². The molecule has 0 spiro atoms. The molecule has 0 unspecified atom stereocenters. The van der Waals surface area contributed by atoms with Crippen molar-refractivity contribution in [2.75, 3.05) is 0 Å². The van der Waals surface area contributed by atoms with Crippen molar-refractivity contribution < 1.29 is 9.53 Å². The minimum absolute atomic E-state index is 0.497. The average Bonchev–Trinajstić information content (AvgIpc) is 2.53. The molecule has 1 amide bonds. The van der Waals surface area contributed by atoms with Gasteiger partial charge in [0.25, 0.3) is 0 Å². The predicted molar refractivity (Wildman–Crippen MR) is 61.3 cm³/mol. The number of carbonyl (C=O) groups is 1. The SMILES string of the molecule is CC(C)(C)OC(=O)NN=Cc1cccs1. The summed E-state index contributed by atoms with van der Waals surface area (Å²) in [5.41, 5.74) is 1.79. The molecule has 0 radical (unpaired) electrons. The molecule has 0 aromatic carbocycles. The van der Waals surface area contributed by atoms with Crippen molar-refractivity contribution in [3.8, 4) is 0 Å². The van der Waals surface area contributed by atoms with Crippen LogP contribution in [-0.2, 0) is 4.74 Å². The maximum absolute atomic E-state index is 11.1. The molecule has 0 aliphatic carbocycles. The van der Waals surface area contributed by atoms with Crippen LogP contribution in [0.4, 0.5) is 4.79 Å². The third kappa shape index (κ3) is 5.17. The molecular formula is C10H14N2O2S. The molecule has 1 heterocycles. The van der Waals surface area contributed by atoms with E-state index in [0.717, 1.165) is 4.88 Å². The number of hydrogen-bond acceptors (Lipinski definition) is 4. The molecule has 0 aliphatic rings. The molecule has 1 aromatic heterocycles. The van der Waals surface area contributed by atoms with Gasteiger partial charge >= 0.3 is 6.09 Å². The van der Waals surface area contributed by atoms with E-state index in [2.05, 4.69) is 10.5 Å². The zero-order valence-corrected chi connectivity index (χ0v) is 9.80. The molecule has 1 N–H and O–H groups in total. The number of ether oxygens (including phenoxy) is 1. The number of thiophene rings is 1. The van der Waals surface area contributed by atoms with Crippen LogP contribution in [0.25, 0.3) is 0 Å². The number of hydrogen-bond donors (Lipinski definition) is 1. The summed E-state index contributed by atoms with van der Waals surface area (Å²) in [6.07, 6.45) is 1.03. The molecule has 1 rings (SSSR count). The number of carbonyl (C=O) groups excluding carboxylic acids is 1. The highest BCUT2D eigenvalue weighted by atomic mass is 32.1. The van der Waals surface area contributed by atoms with Gasteiger partial charge in [-0.05, 0) is 32.2 Å². The molecule has 0 saturated heterocycles. The first kappa shape index (κ1) is 11.7. The summed E-state index contributed by atoms with van der Waals surface area (Å²) in [5.74, 6) is 0. The molecule has 15 heavy (non-hydrogen) atoms. The Kier molecular flexibility index (Phi) is 3.85. The van der Waals surface area contributed by atoms with Gasteiger partial charge in [-0.1, -0.05) is 6.07 Å². The summed E-state index contributed by atoms with van der Waals surface area (Å²) in [5, 5.41) is 5.70.